The van der Waals surface area contributed by atoms with Crippen LogP contribution >= 0.6 is 11.6 Å². The van der Waals surface area contributed by atoms with Crippen molar-refractivity contribution < 1.29 is 14.6 Å². The van der Waals surface area contributed by atoms with Gasteiger partial charge in [0, 0.05) is 30.7 Å². The first-order valence-corrected chi connectivity index (χ1v) is 16.2. The Morgan fingerprint density at radius 1 is 1.05 bits per heavy atom. The van der Waals surface area contributed by atoms with Crippen LogP contribution < -0.4 is 11.1 Å². The van der Waals surface area contributed by atoms with E-state index in [2.05, 4.69) is 38.2 Å². The first-order chi connectivity index (χ1) is 19.7. The minimum Gasteiger partial charge on any atom is -0.508 e. The molecule has 2 aliphatic rings. The zero-order chi connectivity index (χ0) is 30.6. The Morgan fingerprint density at radius 3 is 2.27 bits per heavy atom. The molecule has 2 aromatic carbocycles. The third-order valence-corrected chi connectivity index (χ3v) is 9.27. The van der Waals surface area contributed by atoms with Crippen LogP contribution in [0.1, 0.15) is 121 Å². The Labute approximate surface area is 254 Å². The van der Waals surface area contributed by atoms with Crippen molar-refractivity contribution in [3.63, 3.8) is 0 Å². The maximum absolute atomic E-state index is 13.3. The van der Waals surface area contributed by atoms with Gasteiger partial charge in [-0.3, -0.25) is 4.79 Å². The summed E-state index contributed by atoms with van der Waals surface area (Å²) in [6, 6.07) is 13.8. The maximum Gasteiger partial charge on any atom is 0.228 e. The van der Waals surface area contributed by atoms with Crippen molar-refractivity contribution in [1.82, 2.24) is 5.32 Å². The molecule has 0 spiro atoms. The van der Waals surface area contributed by atoms with Gasteiger partial charge in [0.05, 0.1) is 11.0 Å². The molecule has 4 N–H and O–H groups in total. The van der Waals surface area contributed by atoms with E-state index in [0.717, 1.165) is 61.8 Å². The van der Waals surface area contributed by atoms with Crippen LogP contribution in [0.4, 0.5) is 0 Å². The number of amides is 1. The predicted molar refractivity (Wildman–Crippen MR) is 173 cm³/mol. The summed E-state index contributed by atoms with van der Waals surface area (Å²) in [5.74, 6) is 0.236. The van der Waals surface area contributed by atoms with Crippen molar-refractivity contribution >= 4 is 17.5 Å². The summed E-state index contributed by atoms with van der Waals surface area (Å²) in [5, 5.41) is 15.1. The molecular formula is C35H55ClN2O3. The highest BCUT2D eigenvalue weighted by atomic mass is 35.5. The first-order valence-electron chi connectivity index (χ1n) is 15.9. The van der Waals surface area contributed by atoms with E-state index in [-0.39, 0.29) is 23.8 Å². The van der Waals surface area contributed by atoms with E-state index in [4.69, 9.17) is 22.1 Å². The number of fused-ring (bicyclic) bond motifs is 1. The van der Waals surface area contributed by atoms with E-state index in [1.165, 1.54) is 6.42 Å². The van der Waals surface area contributed by atoms with Gasteiger partial charge in [0.25, 0.3) is 0 Å². The lowest BCUT2D eigenvalue weighted by Crippen LogP contribution is -2.66. The summed E-state index contributed by atoms with van der Waals surface area (Å²) in [6.07, 6.45) is 8.86. The number of ether oxygens (including phenoxy) is 1. The van der Waals surface area contributed by atoms with Gasteiger partial charge in [0.15, 0.2) is 0 Å². The zero-order valence-electron chi connectivity index (χ0n) is 26.6. The largest absolute Gasteiger partial charge is 0.508 e. The minimum atomic E-state index is -0.789. The van der Waals surface area contributed by atoms with Crippen LogP contribution in [0.3, 0.4) is 0 Å². The molecule has 1 amide bonds. The Hall–Kier alpha value is -2.08. The summed E-state index contributed by atoms with van der Waals surface area (Å²) >= 11 is 6.23. The normalized spacial score (nSPS) is 26.7. The van der Waals surface area contributed by atoms with Gasteiger partial charge < -0.3 is 20.9 Å². The number of nitrogens with two attached hydrogens (primary N) is 1. The molecule has 2 aromatic rings. The second-order valence-corrected chi connectivity index (χ2v) is 11.9. The number of aryl methyl sites for hydroxylation is 1. The van der Waals surface area contributed by atoms with Gasteiger partial charge in [-0.25, -0.2) is 0 Å². The third-order valence-electron chi connectivity index (χ3n) is 9.02. The van der Waals surface area contributed by atoms with Gasteiger partial charge >= 0.3 is 0 Å². The fourth-order valence-electron chi connectivity index (χ4n) is 7.01. The molecule has 0 bridgehead atoms. The number of rotatable bonds is 10. The second kappa shape index (κ2) is 16.5. The molecule has 41 heavy (non-hydrogen) atoms. The fourth-order valence-corrected chi connectivity index (χ4v) is 7.13. The predicted octanol–water partition coefficient (Wildman–Crippen LogP) is 8.51. The third kappa shape index (κ3) is 7.47. The summed E-state index contributed by atoms with van der Waals surface area (Å²) < 4.78 is 5.13. The molecule has 5 atom stereocenters. The molecule has 1 saturated carbocycles. The second-order valence-electron chi connectivity index (χ2n) is 11.5. The number of methoxy groups -OCH3 is 1. The lowest BCUT2D eigenvalue weighted by Gasteiger charge is -2.54. The highest BCUT2D eigenvalue weighted by molar-refractivity contribution is 6.30. The molecule has 4 rings (SSSR count). The zero-order valence-corrected chi connectivity index (χ0v) is 27.3. The summed E-state index contributed by atoms with van der Waals surface area (Å²) in [7, 11) is 1.74. The minimum absolute atomic E-state index is 0.00547. The van der Waals surface area contributed by atoms with E-state index in [9.17, 15) is 9.90 Å². The van der Waals surface area contributed by atoms with Crippen LogP contribution in [0, 0.1) is 5.41 Å². The van der Waals surface area contributed by atoms with E-state index < -0.39 is 11.0 Å². The average Bonchev–Trinajstić information content (AvgIpc) is 3.17. The maximum atomic E-state index is 13.3. The number of carbonyl (C=O) groups excluding carboxylic acids is 1. The van der Waals surface area contributed by atoms with E-state index in [0.29, 0.717) is 23.6 Å². The van der Waals surface area contributed by atoms with Crippen LogP contribution in [-0.2, 0) is 16.0 Å². The molecule has 1 aliphatic carbocycles. The topological polar surface area (TPSA) is 84.6 Å². The number of unbranched alkanes of at least 4 members (excludes halogenated alkanes) is 3. The number of halogens is 1. The van der Waals surface area contributed by atoms with E-state index >= 15 is 0 Å². The van der Waals surface area contributed by atoms with Crippen molar-refractivity contribution in [3.8, 4) is 5.75 Å². The van der Waals surface area contributed by atoms with Crippen LogP contribution in [0.2, 0.25) is 5.02 Å². The number of hydrogen-bond acceptors (Lipinski definition) is 4. The molecule has 0 aromatic heterocycles. The number of aromatic hydroxyl groups is 1. The molecule has 0 radical (unpaired) electrons. The smallest absolute Gasteiger partial charge is 0.228 e. The Bertz CT molecular complexity index is 1080. The number of phenols is 1. The Kier molecular flexibility index (Phi) is 14.2. The van der Waals surface area contributed by atoms with Crippen LogP contribution in [0.25, 0.3) is 0 Å². The fraction of sp³-hybridized carbons (Fsp3) is 0.629. The van der Waals surface area contributed by atoms with Gasteiger partial charge in [-0.1, -0.05) is 89.7 Å². The standard InChI is InChI=1S/C30H41ClN2O3.C3H8.C2H6/c1-4-29-17-16-25(24-15-10-21(19-26(24)34)9-7-5-6-8-18-36-3)27(22-11-13-23(31)14-12-22)30(29,32)20(2)33-28(29)35;1-3-2;1-2/h10-15,19-20,25,27,34H,4-9,16-18,32H2,1-3H3,(H,33,35);3H2,1-2H3;1-2H3. The average molecular weight is 587 g/mol. The molecule has 5 nitrogen and oxygen atoms in total. The summed E-state index contributed by atoms with van der Waals surface area (Å²) in [6.45, 7) is 13.2. The number of hydrogen-bond donors (Lipinski definition) is 3. The lowest BCUT2D eigenvalue weighted by atomic mass is 9.50. The molecule has 1 aliphatic heterocycles. The monoisotopic (exact) mass is 586 g/mol. The summed E-state index contributed by atoms with van der Waals surface area (Å²) in [5.41, 5.74) is 9.08. The quantitative estimate of drug-likeness (QED) is 0.244. The van der Waals surface area contributed by atoms with Crippen LogP contribution in [0.5, 0.6) is 5.75 Å². The van der Waals surface area contributed by atoms with Crippen LogP contribution in [0.15, 0.2) is 42.5 Å². The molecule has 6 heteroatoms. The van der Waals surface area contributed by atoms with Crippen molar-refractivity contribution in [1.29, 1.82) is 0 Å². The van der Waals surface area contributed by atoms with Crippen LogP contribution in [-0.4, -0.2) is 36.3 Å². The summed E-state index contributed by atoms with van der Waals surface area (Å²) in [4.78, 5) is 13.3. The molecule has 5 unspecified atom stereocenters. The van der Waals surface area contributed by atoms with Gasteiger partial charge in [0.1, 0.15) is 5.75 Å². The molecule has 2 fully saturated rings. The van der Waals surface area contributed by atoms with E-state index in [1.54, 1.807) is 7.11 Å². The van der Waals surface area contributed by atoms with Crippen molar-refractivity contribution in [2.24, 2.45) is 11.1 Å². The SMILES string of the molecule is CC.CCC.CCC12CCC(c3ccc(CCCCCCOC)cc3O)C(c3ccc(Cl)cc3)C1(N)C(C)NC2=O. The van der Waals surface area contributed by atoms with Gasteiger partial charge in [-0.05, 0) is 86.3 Å². The highest BCUT2D eigenvalue weighted by Crippen LogP contribution is 2.61. The van der Waals surface area contributed by atoms with Gasteiger partial charge in [-0.15, -0.1) is 0 Å². The van der Waals surface area contributed by atoms with E-state index in [1.807, 2.05) is 51.1 Å². The molecule has 1 heterocycles. The number of phenolic OH excluding ortho intramolecular Hbond substituents is 1. The number of carbonyl (C=O) groups is 1. The molecular weight excluding hydrogens is 532 g/mol. The Morgan fingerprint density at radius 2 is 1.68 bits per heavy atom. The highest BCUT2D eigenvalue weighted by Gasteiger charge is 2.67. The van der Waals surface area contributed by atoms with Crippen molar-refractivity contribution in [3.05, 3.63) is 64.2 Å². The lowest BCUT2D eigenvalue weighted by molar-refractivity contribution is -0.132. The molecule has 1 saturated heterocycles. The number of nitrogens with one attached hydrogen (secondary N) is 1. The number of benzene rings is 2. The van der Waals surface area contributed by atoms with Crippen molar-refractivity contribution in [2.75, 3.05) is 13.7 Å². The Balaban J connectivity index is 0.00000110. The van der Waals surface area contributed by atoms with Gasteiger partial charge in [-0.2, -0.15) is 0 Å². The molecule has 230 valence electrons. The van der Waals surface area contributed by atoms with Gasteiger partial charge in [0.2, 0.25) is 5.91 Å². The van der Waals surface area contributed by atoms with Crippen molar-refractivity contribution in [2.45, 2.75) is 123 Å². The first kappa shape index (κ1) is 35.1.